The highest BCUT2D eigenvalue weighted by molar-refractivity contribution is 5.05. The molecule has 0 fully saturated rings. The van der Waals surface area contributed by atoms with Gasteiger partial charge < -0.3 is 14.8 Å². The van der Waals surface area contributed by atoms with Crippen molar-refractivity contribution in [3.05, 3.63) is 32.6 Å². The van der Waals surface area contributed by atoms with Gasteiger partial charge in [0.1, 0.15) is 0 Å². The van der Waals surface area contributed by atoms with E-state index in [1.165, 1.54) is 11.6 Å². The van der Waals surface area contributed by atoms with Gasteiger partial charge in [-0.3, -0.25) is 9.36 Å². The smallest absolute Gasteiger partial charge is 0.312 e. The number of hydrogen-bond acceptors (Lipinski definition) is 4. The second kappa shape index (κ2) is 6.37. The molecule has 0 spiro atoms. The zero-order chi connectivity index (χ0) is 15.5. The summed E-state index contributed by atoms with van der Waals surface area (Å²) >= 11 is 0. The fourth-order valence-electron chi connectivity index (χ4n) is 2.45. The van der Waals surface area contributed by atoms with E-state index in [1.54, 1.807) is 13.2 Å². The molecule has 6 nitrogen and oxygen atoms in total. The summed E-state index contributed by atoms with van der Waals surface area (Å²) in [5.41, 5.74) is 0.197. The van der Waals surface area contributed by atoms with Crippen molar-refractivity contribution < 1.29 is 0 Å². The van der Waals surface area contributed by atoms with Crippen molar-refractivity contribution in [3.63, 3.8) is 0 Å². The normalized spacial score (nSPS) is 12.2. The largest absolute Gasteiger partial charge is 0.330 e. The van der Waals surface area contributed by atoms with Crippen LogP contribution in [0.1, 0.15) is 19.4 Å². The number of nitrogens with zero attached hydrogens (tertiary/aromatic N) is 3. The third kappa shape index (κ3) is 4.31. The first-order valence-electron chi connectivity index (χ1n) is 6.75. The van der Waals surface area contributed by atoms with Gasteiger partial charge in [-0.1, -0.05) is 13.8 Å². The number of aryl methyl sites for hydroxylation is 1. The molecule has 0 amide bonds. The summed E-state index contributed by atoms with van der Waals surface area (Å²) in [7, 11) is 7.25. The molecule has 114 valence electrons. The Bertz CT molecular complexity index is 570. The van der Waals surface area contributed by atoms with Crippen molar-refractivity contribution in [1.82, 2.24) is 19.4 Å². The molecule has 0 radical (unpaired) electrons. The molecule has 0 bridgehead atoms. The van der Waals surface area contributed by atoms with Crippen LogP contribution in [-0.4, -0.2) is 41.2 Å². The van der Waals surface area contributed by atoms with Crippen LogP contribution in [0.3, 0.4) is 0 Å². The fourth-order valence-corrected chi connectivity index (χ4v) is 2.45. The average Bonchev–Trinajstić information content (AvgIpc) is 2.31. The summed E-state index contributed by atoms with van der Waals surface area (Å²) < 4.78 is 2.57. The molecule has 0 unspecified atom stereocenters. The van der Waals surface area contributed by atoms with Gasteiger partial charge >= 0.3 is 5.69 Å². The topological polar surface area (TPSA) is 59.3 Å². The minimum atomic E-state index is -0.299. The van der Waals surface area contributed by atoms with Crippen LogP contribution in [0.2, 0.25) is 0 Å². The van der Waals surface area contributed by atoms with Crippen LogP contribution in [0.15, 0.2) is 15.8 Å². The summed E-state index contributed by atoms with van der Waals surface area (Å²) in [4.78, 5) is 25.7. The lowest BCUT2D eigenvalue weighted by Crippen LogP contribution is -2.41. The third-order valence-corrected chi connectivity index (χ3v) is 3.18. The summed E-state index contributed by atoms with van der Waals surface area (Å²) in [5.74, 6) is 0. The fraction of sp³-hybridized carbons (Fsp3) is 0.714. The third-order valence-electron chi connectivity index (χ3n) is 3.18. The van der Waals surface area contributed by atoms with E-state index in [0.29, 0.717) is 12.1 Å². The highest BCUT2D eigenvalue weighted by Gasteiger charge is 2.18. The van der Waals surface area contributed by atoms with E-state index >= 15 is 0 Å². The van der Waals surface area contributed by atoms with Gasteiger partial charge in [-0.15, -0.1) is 0 Å². The van der Waals surface area contributed by atoms with Crippen LogP contribution >= 0.6 is 0 Å². The molecule has 1 aromatic heterocycles. The maximum Gasteiger partial charge on any atom is 0.330 e. The molecule has 1 aromatic rings. The number of rotatable bonds is 6. The standard InChI is InChI=1S/C14H26N4O2/c1-14(2,10-16(3)4)9-15-7-11-8-17(5)13(20)18(6)12(11)19/h8,15H,7,9-10H2,1-6H3. The molecule has 0 aliphatic rings. The first kappa shape index (κ1) is 16.7. The molecule has 0 aliphatic heterocycles. The average molecular weight is 282 g/mol. The zero-order valence-corrected chi connectivity index (χ0v) is 13.4. The highest BCUT2D eigenvalue weighted by Crippen LogP contribution is 2.14. The Hall–Kier alpha value is -1.40. The molecule has 6 heteroatoms. The maximum atomic E-state index is 12.0. The summed E-state index contributed by atoms with van der Waals surface area (Å²) in [6.07, 6.45) is 1.61. The van der Waals surface area contributed by atoms with Gasteiger partial charge in [0.15, 0.2) is 0 Å². The Balaban J connectivity index is 2.73. The van der Waals surface area contributed by atoms with Crippen molar-refractivity contribution in [2.45, 2.75) is 20.4 Å². The van der Waals surface area contributed by atoms with Crippen LogP contribution in [0, 0.1) is 5.41 Å². The number of nitrogens with one attached hydrogen (secondary N) is 1. The van der Waals surface area contributed by atoms with Crippen molar-refractivity contribution >= 4 is 0 Å². The lowest BCUT2D eigenvalue weighted by Gasteiger charge is -2.28. The minimum absolute atomic E-state index is 0.120. The van der Waals surface area contributed by atoms with Crippen molar-refractivity contribution in [2.24, 2.45) is 19.5 Å². The van der Waals surface area contributed by atoms with Crippen molar-refractivity contribution in [2.75, 3.05) is 27.2 Å². The first-order chi connectivity index (χ1) is 9.14. The highest BCUT2D eigenvalue weighted by atomic mass is 16.2. The second-order valence-electron chi connectivity index (χ2n) is 6.42. The van der Waals surface area contributed by atoms with Gasteiger partial charge in [0.25, 0.3) is 5.56 Å². The first-order valence-corrected chi connectivity index (χ1v) is 6.75. The van der Waals surface area contributed by atoms with Crippen LogP contribution in [0.25, 0.3) is 0 Å². The van der Waals surface area contributed by atoms with Crippen LogP contribution in [0.4, 0.5) is 0 Å². The van der Waals surface area contributed by atoms with Crippen LogP contribution < -0.4 is 16.6 Å². The predicted molar refractivity (Wildman–Crippen MR) is 81.0 cm³/mol. The molecule has 0 saturated heterocycles. The molecular formula is C14H26N4O2. The van der Waals surface area contributed by atoms with Crippen molar-refractivity contribution in [1.29, 1.82) is 0 Å². The SMILES string of the molecule is CN(C)CC(C)(C)CNCc1cn(C)c(=O)n(C)c1=O. The van der Waals surface area contributed by atoms with Gasteiger partial charge in [-0.2, -0.15) is 0 Å². The van der Waals surface area contributed by atoms with Crippen LogP contribution in [0.5, 0.6) is 0 Å². The monoisotopic (exact) mass is 282 g/mol. The Morgan fingerprint density at radius 2 is 1.85 bits per heavy atom. The summed E-state index contributed by atoms with van der Waals surface area (Å²) in [6.45, 7) is 6.60. The molecule has 1 N–H and O–H groups in total. The van der Waals surface area contributed by atoms with E-state index in [9.17, 15) is 9.59 Å². The summed E-state index contributed by atoms with van der Waals surface area (Å²) in [5, 5.41) is 3.31. The van der Waals surface area contributed by atoms with Gasteiger partial charge in [0.2, 0.25) is 0 Å². The summed E-state index contributed by atoms with van der Waals surface area (Å²) in [6, 6.07) is 0. The maximum absolute atomic E-state index is 12.0. The molecule has 1 heterocycles. The van der Waals surface area contributed by atoms with E-state index in [1.807, 2.05) is 14.1 Å². The van der Waals surface area contributed by atoms with E-state index in [0.717, 1.165) is 17.7 Å². The van der Waals surface area contributed by atoms with E-state index < -0.39 is 0 Å². The van der Waals surface area contributed by atoms with E-state index in [2.05, 4.69) is 24.1 Å². The van der Waals surface area contributed by atoms with E-state index in [4.69, 9.17) is 0 Å². The van der Waals surface area contributed by atoms with Gasteiger partial charge in [0.05, 0.1) is 0 Å². The lowest BCUT2D eigenvalue weighted by molar-refractivity contribution is 0.232. The quantitative estimate of drug-likeness (QED) is 0.782. The van der Waals surface area contributed by atoms with Gasteiger partial charge in [-0.25, -0.2) is 4.79 Å². The lowest BCUT2D eigenvalue weighted by atomic mass is 9.93. The number of aromatic nitrogens is 2. The molecule has 0 saturated carbocycles. The predicted octanol–water partition coefficient (Wildman–Crippen LogP) is -0.239. The van der Waals surface area contributed by atoms with Crippen molar-refractivity contribution in [3.8, 4) is 0 Å². The molecule has 20 heavy (non-hydrogen) atoms. The molecule has 0 atom stereocenters. The Kier molecular flexibility index (Phi) is 5.30. The molecule has 0 aromatic carbocycles. The number of hydrogen-bond donors (Lipinski definition) is 1. The minimum Gasteiger partial charge on any atom is -0.312 e. The molecular weight excluding hydrogens is 256 g/mol. The second-order valence-corrected chi connectivity index (χ2v) is 6.42. The van der Waals surface area contributed by atoms with Gasteiger partial charge in [0, 0.05) is 45.5 Å². The van der Waals surface area contributed by atoms with E-state index in [-0.39, 0.29) is 16.7 Å². The Morgan fingerprint density at radius 1 is 1.25 bits per heavy atom. The van der Waals surface area contributed by atoms with Crippen LogP contribution in [-0.2, 0) is 20.6 Å². The molecule has 1 rings (SSSR count). The Morgan fingerprint density at radius 3 is 2.40 bits per heavy atom. The Labute approximate surface area is 120 Å². The molecule has 0 aliphatic carbocycles. The zero-order valence-electron chi connectivity index (χ0n) is 13.4. The van der Waals surface area contributed by atoms with Gasteiger partial charge in [-0.05, 0) is 19.5 Å².